The molecular weight excluding hydrogens is 108 g/mol. The van der Waals surface area contributed by atoms with Gasteiger partial charge in [0, 0.05) is 0 Å². The van der Waals surface area contributed by atoms with E-state index in [9.17, 15) is 0 Å². The van der Waals surface area contributed by atoms with Crippen LogP contribution in [0.2, 0.25) is 0 Å². The summed E-state index contributed by atoms with van der Waals surface area (Å²) in [5.74, 6) is 0. The largest absolute Gasteiger partial charge is 0.0459 e. The van der Waals surface area contributed by atoms with E-state index in [2.05, 4.69) is 0 Å². The van der Waals surface area contributed by atoms with Crippen LogP contribution in [0.1, 0.15) is 38.5 Å². The van der Waals surface area contributed by atoms with Crippen LogP contribution in [-0.4, -0.2) is 0 Å². The molecule has 0 aliphatic heterocycles. The molecule has 4 saturated carbocycles. The molecule has 4 rings (SSSR count). The Bertz CT molecular complexity index is 152. The SMILES string of the molecule is C1CC12C1(CC1)C21CC1. The van der Waals surface area contributed by atoms with Crippen LogP contribution in [-0.2, 0) is 0 Å². The van der Waals surface area contributed by atoms with Crippen LogP contribution in [0.25, 0.3) is 0 Å². The van der Waals surface area contributed by atoms with Gasteiger partial charge in [-0.05, 0) is 54.8 Å². The first-order valence-corrected chi connectivity index (χ1v) is 4.37. The molecule has 0 aromatic heterocycles. The molecule has 0 radical (unpaired) electrons. The van der Waals surface area contributed by atoms with Crippen molar-refractivity contribution in [1.82, 2.24) is 0 Å². The minimum atomic E-state index is 1.01. The lowest BCUT2D eigenvalue weighted by Crippen LogP contribution is -1.70. The molecule has 0 atom stereocenters. The van der Waals surface area contributed by atoms with E-state index >= 15 is 0 Å². The summed E-state index contributed by atoms with van der Waals surface area (Å²) in [6, 6.07) is 0. The number of fused-ring (bicyclic) bond motifs is 3. The fraction of sp³-hybridized carbons (Fsp3) is 1.00. The van der Waals surface area contributed by atoms with Gasteiger partial charge in [0.25, 0.3) is 0 Å². The Morgan fingerprint density at radius 1 is 0.444 bits per heavy atom. The molecule has 0 aromatic carbocycles. The smallest absolute Gasteiger partial charge is 0.0173 e. The normalized spacial score (nSPS) is 48.0. The Morgan fingerprint density at radius 2 is 0.667 bits per heavy atom. The number of hydrogen-bond donors (Lipinski definition) is 0. The lowest BCUT2D eigenvalue weighted by Gasteiger charge is -1.75. The molecule has 0 unspecified atom stereocenters. The maximum atomic E-state index is 1.62. The minimum absolute atomic E-state index is 1.01. The van der Waals surface area contributed by atoms with Crippen LogP contribution in [0, 0.1) is 16.2 Å². The van der Waals surface area contributed by atoms with Gasteiger partial charge in [-0.25, -0.2) is 0 Å². The van der Waals surface area contributed by atoms with Gasteiger partial charge in [-0.3, -0.25) is 0 Å². The number of rotatable bonds is 0. The second kappa shape index (κ2) is 0.681. The Kier molecular flexibility index (Phi) is 0.302. The highest BCUT2D eigenvalue weighted by Gasteiger charge is 2.98. The summed E-state index contributed by atoms with van der Waals surface area (Å²) in [7, 11) is 0. The topological polar surface area (TPSA) is 0 Å². The third-order valence-electron chi connectivity index (χ3n) is 4.94. The lowest BCUT2D eigenvalue weighted by atomic mass is 10.3. The maximum Gasteiger partial charge on any atom is -0.0173 e. The zero-order chi connectivity index (χ0) is 5.74. The van der Waals surface area contributed by atoms with Gasteiger partial charge in [0.1, 0.15) is 0 Å². The van der Waals surface area contributed by atoms with Gasteiger partial charge in [0.05, 0.1) is 0 Å². The van der Waals surface area contributed by atoms with Crippen molar-refractivity contribution in [2.75, 3.05) is 0 Å². The highest BCUT2D eigenvalue weighted by atomic mass is 15.0. The third kappa shape index (κ3) is 0.180. The second-order valence-electron chi connectivity index (χ2n) is 4.75. The molecule has 0 heterocycles. The average molecular weight is 120 g/mol. The van der Waals surface area contributed by atoms with Crippen molar-refractivity contribution in [2.45, 2.75) is 38.5 Å². The van der Waals surface area contributed by atoms with E-state index in [-0.39, 0.29) is 0 Å². The first kappa shape index (κ1) is 4.00. The van der Waals surface area contributed by atoms with Crippen molar-refractivity contribution in [3.63, 3.8) is 0 Å². The van der Waals surface area contributed by atoms with Crippen molar-refractivity contribution in [3.05, 3.63) is 0 Å². The predicted molar refractivity (Wildman–Crippen MR) is 35.0 cm³/mol. The molecule has 0 amide bonds. The molecule has 0 bridgehead atoms. The zero-order valence-corrected chi connectivity index (χ0v) is 5.74. The summed E-state index contributed by atoms with van der Waals surface area (Å²) in [6.07, 6.45) is 9.71. The Balaban J connectivity index is 1.98. The first-order chi connectivity index (χ1) is 4.37. The van der Waals surface area contributed by atoms with E-state index in [1.165, 1.54) is 0 Å². The fourth-order valence-electron chi connectivity index (χ4n) is 4.26. The standard InChI is InChI=1S/C9H12/c1-2-7(1)8(3-4-8)9(7)5-6-9/h1-6H2. The monoisotopic (exact) mass is 120 g/mol. The summed E-state index contributed by atoms with van der Waals surface area (Å²) in [4.78, 5) is 0. The van der Waals surface area contributed by atoms with Crippen molar-refractivity contribution in [1.29, 1.82) is 0 Å². The van der Waals surface area contributed by atoms with Crippen molar-refractivity contribution in [2.24, 2.45) is 16.2 Å². The van der Waals surface area contributed by atoms with E-state index in [1.54, 1.807) is 38.5 Å². The van der Waals surface area contributed by atoms with Gasteiger partial charge in [0.15, 0.2) is 0 Å². The maximum absolute atomic E-state index is 1.62. The third-order valence-corrected chi connectivity index (χ3v) is 4.94. The molecule has 3 spiro atoms. The zero-order valence-electron chi connectivity index (χ0n) is 5.74. The fourth-order valence-corrected chi connectivity index (χ4v) is 4.26. The van der Waals surface area contributed by atoms with Crippen LogP contribution in [0.4, 0.5) is 0 Å². The molecule has 4 aliphatic rings. The average Bonchev–Trinajstić information content (AvgIpc) is 2.58. The van der Waals surface area contributed by atoms with Crippen LogP contribution in [0.3, 0.4) is 0 Å². The molecule has 0 aromatic rings. The van der Waals surface area contributed by atoms with E-state index in [1.807, 2.05) is 0 Å². The Hall–Kier alpha value is 0. The summed E-state index contributed by atoms with van der Waals surface area (Å²) >= 11 is 0. The number of hydrogen-bond acceptors (Lipinski definition) is 0. The van der Waals surface area contributed by atoms with E-state index < -0.39 is 0 Å². The predicted octanol–water partition coefficient (Wildman–Crippen LogP) is 2.34. The first-order valence-electron chi connectivity index (χ1n) is 4.37. The molecule has 4 aliphatic carbocycles. The molecule has 0 saturated heterocycles. The van der Waals surface area contributed by atoms with Gasteiger partial charge >= 0.3 is 0 Å². The van der Waals surface area contributed by atoms with E-state index in [4.69, 9.17) is 0 Å². The second-order valence-corrected chi connectivity index (χ2v) is 4.75. The summed E-state index contributed by atoms with van der Waals surface area (Å²) in [5, 5.41) is 0. The van der Waals surface area contributed by atoms with Gasteiger partial charge < -0.3 is 0 Å². The Labute approximate surface area is 55.6 Å². The molecule has 0 N–H and O–H groups in total. The Morgan fingerprint density at radius 3 is 0.778 bits per heavy atom. The lowest BCUT2D eigenvalue weighted by molar-refractivity contribution is 0.716. The minimum Gasteiger partial charge on any atom is -0.0459 e. The van der Waals surface area contributed by atoms with E-state index in [0.717, 1.165) is 16.2 Å². The molecule has 9 heavy (non-hydrogen) atoms. The van der Waals surface area contributed by atoms with Gasteiger partial charge in [-0.1, -0.05) is 0 Å². The van der Waals surface area contributed by atoms with Crippen LogP contribution >= 0.6 is 0 Å². The summed E-state index contributed by atoms with van der Waals surface area (Å²) in [5.41, 5.74) is 3.04. The summed E-state index contributed by atoms with van der Waals surface area (Å²) < 4.78 is 0. The van der Waals surface area contributed by atoms with E-state index in [0.29, 0.717) is 0 Å². The molecule has 0 nitrogen and oxygen atoms in total. The van der Waals surface area contributed by atoms with Crippen LogP contribution in [0.15, 0.2) is 0 Å². The van der Waals surface area contributed by atoms with Gasteiger partial charge in [-0.2, -0.15) is 0 Å². The highest BCUT2D eigenvalue weighted by molar-refractivity contribution is 5.46. The van der Waals surface area contributed by atoms with Crippen LogP contribution in [0.5, 0.6) is 0 Å². The van der Waals surface area contributed by atoms with Gasteiger partial charge in [-0.15, -0.1) is 0 Å². The molecular formula is C9H12. The van der Waals surface area contributed by atoms with Crippen molar-refractivity contribution in [3.8, 4) is 0 Å². The van der Waals surface area contributed by atoms with Crippen molar-refractivity contribution >= 4 is 0 Å². The quantitative estimate of drug-likeness (QED) is 0.460. The van der Waals surface area contributed by atoms with Crippen molar-refractivity contribution < 1.29 is 0 Å². The van der Waals surface area contributed by atoms with Crippen LogP contribution < -0.4 is 0 Å². The highest BCUT2D eigenvalue weighted by Crippen LogP contribution is 3.05. The van der Waals surface area contributed by atoms with Gasteiger partial charge in [0.2, 0.25) is 0 Å². The molecule has 4 fully saturated rings. The molecule has 0 heteroatoms. The summed E-state index contributed by atoms with van der Waals surface area (Å²) in [6.45, 7) is 0. The molecule has 48 valence electrons.